The number of amides is 2. The molecule has 9 nitrogen and oxygen atoms in total. The minimum Gasteiger partial charge on any atom is -0.475 e. The van der Waals surface area contributed by atoms with Crippen LogP contribution in [0.1, 0.15) is 23.2 Å². The lowest BCUT2D eigenvalue weighted by atomic mass is 9.97. The average molecular weight is 509 g/mol. The molecule has 2 heterocycles. The van der Waals surface area contributed by atoms with Crippen molar-refractivity contribution in [3.63, 3.8) is 0 Å². The van der Waals surface area contributed by atoms with E-state index in [1.807, 2.05) is 7.05 Å². The normalized spacial score (nSPS) is 16.2. The molecule has 0 spiro atoms. The standard InChI is InChI=1S/C21H22FN5O2.C2HF3O2/c1-26-8-2-3-13(11-26)21(29)24-16-4-6-17(7-5-16)27-12-14-9-15(22)10-18(20(23)28)19(14)25-27;3-2(4,5)1(6)7/h4-7,9-10,12-13H,2-3,8,11H2,1H3,(H2,23,28)(H,24,29);(H,6,7)/t13-;/m1./s1. The molecule has 1 aromatic heterocycles. The Morgan fingerprint density at radius 2 is 1.81 bits per heavy atom. The number of halogens is 4. The van der Waals surface area contributed by atoms with Gasteiger partial charge in [-0.3, -0.25) is 9.59 Å². The van der Waals surface area contributed by atoms with Crippen LogP contribution in [0.2, 0.25) is 0 Å². The Hall–Kier alpha value is -4.00. The number of nitrogens with zero attached hydrogens (tertiary/aromatic N) is 3. The van der Waals surface area contributed by atoms with Gasteiger partial charge >= 0.3 is 12.1 Å². The Balaban J connectivity index is 0.000000454. The van der Waals surface area contributed by atoms with Crippen molar-refractivity contribution in [2.24, 2.45) is 11.7 Å². The summed E-state index contributed by atoms with van der Waals surface area (Å²) >= 11 is 0. The maximum Gasteiger partial charge on any atom is 0.490 e. The van der Waals surface area contributed by atoms with Crippen molar-refractivity contribution in [2.45, 2.75) is 19.0 Å². The van der Waals surface area contributed by atoms with Crippen molar-refractivity contribution < 1.29 is 37.1 Å². The Labute approximate surface area is 202 Å². The molecular formula is C23H23F4N5O4. The van der Waals surface area contributed by atoms with Gasteiger partial charge in [-0.1, -0.05) is 0 Å². The predicted molar refractivity (Wildman–Crippen MR) is 122 cm³/mol. The van der Waals surface area contributed by atoms with Crippen LogP contribution in [0.25, 0.3) is 16.6 Å². The van der Waals surface area contributed by atoms with Gasteiger partial charge in [0.1, 0.15) is 11.3 Å². The summed E-state index contributed by atoms with van der Waals surface area (Å²) in [5.74, 6) is -4.02. The van der Waals surface area contributed by atoms with Crippen molar-refractivity contribution in [1.82, 2.24) is 14.7 Å². The number of nitrogens with one attached hydrogen (secondary N) is 1. The van der Waals surface area contributed by atoms with Gasteiger partial charge in [-0.05, 0) is 62.8 Å². The number of aromatic nitrogens is 2. The van der Waals surface area contributed by atoms with Crippen LogP contribution in [-0.4, -0.2) is 63.9 Å². The molecule has 36 heavy (non-hydrogen) atoms. The van der Waals surface area contributed by atoms with Crippen molar-refractivity contribution >= 4 is 34.4 Å². The number of alkyl halides is 3. The Kier molecular flexibility index (Phi) is 7.93. The van der Waals surface area contributed by atoms with Crippen LogP contribution >= 0.6 is 0 Å². The maximum absolute atomic E-state index is 13.7. The summed E-state index contributed by atoms with van der Waals surface area (Å²) in [6.07, 6.45) is -1.53. The molecule has 2 aromatic carbocycles. The molecule has 0 aliphatic carbocycles. The molecule has 0 unspecified atom stereocenters. The molecule has 4 rings (SSSR count). The number of carbonyl (C=O) groups excluding carboxylic acids is 2. The number of anilines is 1. The van der Waals surface area contributed by atoms with Crippen LogP contribution in [0.5, 0.6) is 0 Å². The molecule has 0 bridgehead atoms. The van der Waals surface area contributed by atoms with Crippen molar-refractivity contribution in [1.29, 1.82) is 0 Å². The molecule has 1 aliphatic rings. The van der Waals surface area contributed by atoms with Gasteiger partial charge < -0.3 is 21.1 Å². The number of rotatable bonds is 4. The highest BCUT2D eigenvalue weighted by Crippen LogP contribution is 2.23. The molecule has 0 radical (unpaired) electrons. The third-order valence-corrected chi connectivity index (χ3v) is 5.48. The Morgan fingerprint density at radius 1 is 1.17 bits per heavy atom. The highest BCUT2D eigenvalue weighted by atomic mass is 19.4. The van der Waals surface area contributed by atoms with E-state index >= 15 is 0 Å². The Morgan fingerprint density at radius 3 is 2.36 bits per heavy atom. The number of nitrogens with two attached hydrogens (primary N) is 1. The zero-order valence-electron chi connectivity index (χ0n) is 19.1. The fourth-order valence-corrected chi connectivity index (χ4v) is 3.74. The summed E-state index contributed by atoms with van der Waals surface area (Å²) < 4.78 is 47.0. The molecule has 1 aliphatic heterocycles. The lowest BCUT2D eigenvalue weighted by molar-refractivity contribution is -0.192. The van der Waals surface area contributed by atoms with Gasteiger partial charge in [-0.25, -0.2) is 13.9 Å². The summed E-state index contributed by atoms with van der Waals surface area (Å²) in [4.78, 5) is 35.1. The van der Waals surface area contributed by atoms with Gasteiger partial charge in [-0.2, -0.15) is 18.3 Å². The van der Waals surface area contributed by atoms with Gasteiger partial charge in [0, 0.05) is 23.8 Å². The summed E-state index contributed by atoms with van der Waals surface area (Å²) in [5, 5.41) is 14.9. The van der Waals surface area contributed by atoms with Crippen LogP contribution in [0.4, 0.5) is 23.2 Å². The number of fused-ring (bicyclic) bond motifs is 1. The Bertz CT molecular complexity index is 1270. The number of piperidine rings is 1. The molecule has 4 N–H and O–H groups in total. The SMILES string of the molecule is CN1CCC[C@@H](C(=O)Nc2ccc(-n3cc4cc(F)cc(C(N)=O)c4n3)cc2)C1.O=C(O)C(F)(F)F. The summed E-state index contributed by atoms with van der Waals surface area (Å²) in [5.41, 5.74) is 7.14. The molecule has 2 amide bonds. The van der Waals surface area contributed by atoms with E-state index in [-0.39, 0.29) is 17.4 Å². The van der Waals surface area contributed by atoms with Crippen molar-refractivity contribution in [2.75, 3.05) is 25.5 Å². The number of primary amides is 1. The zero-order chi connectivity index (χ0) is 26.6. The molecule has 1 saturated heterocycles. The van der Waals surface area contributed by atoms with Crippen LogP contribution in [0.3, 0.4) is 0 Å². The summed E-state index contributed by atoms with van der Waals surface area (Å²) in [6.45, 7) is 1.79. The topological polar surface area (TPSA) is 131 Å². The van der Waals surface area contributed by atoms with Gasteiger partial charge in [0.25, 0.3) is 5.91 Å². The van der Waals surface area contributed by atoms with E-state index in [0.29, 0.717) is 22.3 Å². The van der Waals surface area contributed by atoms with E-state index in [1.54, 1.807) is 35.1 Å². The fraction of sp³-hybridized carbons (Fsp3) is 0.304. The first-order valence-electron chi connectivity index (χ1n) is 10.7. The van der Waals surface area contributed by atoms with E-state index < -0.39 is 23.9 Å². The quantitative estimate of drug-likeness (QED) is 0.463. The lowest BCUT2D eigenvalue weighted by Gasteiger charge is -2.28. The number of hydrogen-bond acceptors (Lipinski definition) is 5. The number of benzene rings is 2. The molecule has 0 saturated carbocycles. The van der Waals surface area contributed by atoms with Crippen LogP contribution < -0.4 is 11.1 Å². The number of aliphatic carboxylic acids is 1. The molecule has 13 heteroatoms. The van der Waals surface area contributed by atoms with E-state index in [4.69, 9.17) is 15.6 Å². The number of carboxylic acid groups (broad SMARTS) is 1. The monoisotopic (exact) mass is 509 g/mol. The largest absolute Gasteiger partial charge is 0.490 e. The van der Waals surface area contributed by atoms with Crippen LogP contribution in [-0.2, 0) is 9.59 Å². The average Bonchev–Trinajstić information content (AvgIpc) is 3.22. The second-order valence-electron chi connectivity index (χ2n) is 8.27. The first kappa shape index (κ1) is 26.6. The van der Waals surface area contributed by atoms with E-state index in [9.17, 15) is 27.2 Å². The summed E-state index contributed by atoms with van der Waals surface area (Å²) in [6, 6.07) is 9.58. The molecule has 1 atom stereocenters. The summed E-state index contributed by atoms with van der Waals surface area (Å²) in [7, 11) is 2.03. The van der Waals surface area contributed by atoms with Crippen molar-refractivity contribution in [3.8, 4) is 5.69 Å². The highest BCUT2D eigenvalue weighted by Gasteiger charge is 2.38. The minimum atomic E-state index is -5.08. The van der Waals surface area contributed by atoms with E-state index in [2.05, 4.69) is 15.3 Å². The van der Waals surface area contributed by atoms with Crippen LogP contribution in [0.15, 0.2) is 42.6 Å². The van der Waals surface area contributed by atoms with Crippen LogP contribution in [0, 0.1) is 11.7 Å². The van der Waals surface area contributed by atoms with Crippen molar-refractivity contribution in [3.05, 3.63) is 54.0 Å². The number of likely N-dealkylation sites (tertiary alicyclic amines) is 1. The molecule has 1 fully saturated rings. The third kappa shape index (κ3) is 6.56. The second kappa shape index (κ2) is 10.7. The predicted octanol–water partition coefficient (Wildman–Crippen LogP) is 3.18. The minimum absolute atomic E-state index is 0.00745. The van der Waals surface area contributed by atoms with E-state index in [1.165, 1.54) is 6.07 Å². The first-order chi connectivity index (χ1) is 16.8. The zero-order valence-corrected chi connectivity index (χ0v) is 19.1. The molecular weight excluding hydrogens is 486 g/mol. The van der Waals surface area contributed by atoms with Gasteiger partial charge in [0.15, 0.2) is 0 Å². The molecule has 192 valence electrons. The lowest BCUT2D eigenvalue weighted by Crippen LogP contribution is -2.38. The molecule has 3 aromatic rings. The highest BCUT2D eigenvalue weighted by molar-refractivity contribution is 6.04. The van der Waals surface area contributed by atoms with E-state index in [0.717, 1.165) is 32.0 Å². The number of carbonyl (C=O) groups is 3. The second-order valence-corrected chi connectivity index (χ2v) is 8.27. The maximum atomic E-state index is 13.7. The smallest absolute Gasteiger partial charge is 0.475 e. The number of hydrogen-bond donors (Lipinski definition) is 3. The number of carboxylic acids is 1. The van der Waals surface area contributed by atoms with Gasteiger partial charge in [0.05, 0.1) is 17.2 Å². The van der Waals surface area contributed by atoms with Gasteiger partial charge in [0.2, 0.25) is 5.91 Å². The first-order valence-corrected chi connectivity index (χ1v) is 10.7. The third-order valence-electron chi connectivity index (χ3n) is 5.48. The fourth-order valence-electron chi connectivity index (χ4n) is 3.74. The van der Waals surface area contributed by atoms with Gasteiger partial charge in [-0.15, -0.1) is 0 Å².